The van der Waals surface area contributed by atoms with Crippen molar-refractivity contribution in [2.75, 3.05) is 31.5 Å². The average molecular weight is 340 g/mol. The Morgan fingerprint density at radius 3 is 2.44 bits per heavy atom. The lowest BCUT2D eigenvalue weighted by atomic mass is 10.2. The van der Waals surface area contributed by atoms with Crippen molar-refractivity contribution in [1.29, 1.82) is 5.26 Å². The van der Waals surface area contributed by atoms with Crippen LogP contribution >= 0.6 is 0 Å². The molecule has 25 heavy (non-hydrogen) atoms. The van der Waals surface area contributed by atoms with Crippen LogP contribution in [0.2, 0.25) is 0 Å². The highest BCUT2D eigenvalue weighted by atomic mass is 16.2. The minimum absolute atomic E-state index is 0.00544. The molecule has 1 aromatic carbocycles. The second-order valence-electron chi connectivity index (χ2n) is 6.46. The molecule has 1 aromatic rings. The van der Waals surface area contributed by atoms with Gasteiger partial charge in [-0.25, -0.2) is 0 Å². The summed E-state index contributed by atoms with van der Waals surface area (Å²) in [4.78, 5) is 39.6. The number of nitrogens with one attached hydrogen (secondary N) is 1. The molecule has 1 saturated carbocycles. The van der Waals surface area contributed by atoms with Gasteiger partial charge in [-0.2, -0.15) is 5.26 Å². The van der Waals surface area contributed by atoms with Gasteiger partial charge in [0.2, 0.25) is 17.7 Å². The van der Waals surface area contributed by atoms with E-state index >= 15 is 0 Å². The molecule has 1 N–H and O–H groups in total. The summed E-state index contributed by atoms with van der Waals surface area (Å²) in [5.74, 6) is -0.757. The Bertz CT molecular complexity index is 747. The van der Waals surface area contributed by atoms with Crippen molar-refractivity contribution in [3.63, 3.8) is 0 Å². The number of anilines is 1. The Labute approximate surface area is 146 Å². The molecule has 0 bridgehead atoms. The number of carbonyl (C=O) groups excluding carboxylic acids is 3. The predicted molar refractivity (Wildman–Crippen MR) is 90.2 cm³/mol. The predicted octanol–water partition coefficient (Wildman–Crippen LogP) is 0.824. The van der Waals surface area contributed by atoms with Crippen LogP contribution in [0.1, 0.15) is 18.9 Å². The largest absolute Gasteiger partial charge is 0.339 e. The van der Waals surface area contributed by atoms with Gasteiger partial charge in [0.1, 0.15) is 0 Å². The number of benzene rings is 1. The van der Waals surface area contributed by atoms with Gasteiger partial charge in [-0.3, -0.25) is 14.4 Å². The molecule has 1 heterocycles. The number of nitrogens with zero attached hydrogens (tertiary/aromatic N) is 3. The molecule has 1 aliphatic carbocycles. The minimum atomic E-state index is -0.316. The lowest BCUT2D eigenvalue weighted by molar-refractivity contribution is -0.139. The van der Waals surface area contributed by atoms with Crippen molar-refractivity contribution in [3.05, 3.63) is 29.8 Å². The van der Waals surface area contributed by atoms with Gasteiger partial charge in [0, 0.05) is 38.8 Å². The van der Waals surface area contributed by atoms with Crippen molar-refractivity contribution in [3.8, 4) is 6.07 Å². The van der Waals surface area contributed by atoms with Crippen molar-refractivity contribution in [2.45, 2.75) is 13.3 Å². The van der Waals surface area contributed by atoms with Crippen LogP contribution in [0.15, 0.2) is 24.3 Å². The molecule has 0 aromatic heterocycles. The summed E-state index contributed by atoms with van der Waals surface area (Å²) in [6.07, 6.45) is 0.551. The first kappa shape index (κ1) is 17.0. The van der Waals surface area contributed by atoms with Crippen LogP contribution in [0.5, 0.6) is 0 Å². The molecule has 7 heteroatoms. The van der Waals surface area contributed by atoms with Gasteiger partial charge >= 0.3 is 0 Å². The number of piperazine rings is 1. The monoisotopic (exact) mass is 340 g/mol. The summed E-state index contributed by atoms with van der Waals surface area (Å²) in [7, 11) is 0. The Hall–Kier alpha value is -2.88. The summed E-state index contributed by atoms with van der Waals surface area (Å²) in [5, 5.41) is 11.7. The second-order valence-corrected chi connectivity index (χ2v) is 6.46. The first-order valence-corrected chi connectivity index (χ1v) is 8.35. The maximum absolute atomic E-state index is 12.5. The Morgan fingerprint density at radius 1 is 1.12 bits per heavy atom. The van der Waals surface area contributed by atoms with Gasteiger partial charge < -0.3 is 15.1 Å². The average Bonchev–Trinajstić information content (AvgIpc) is 3.42. The van der Waals surface area contributed by atoms with Gasteiger partial charge in [0.05, 0.1) is 23.5 Å². The van der Waals surface area contributed by atoms with E-state index in [0.717, 1.165) is 0 Å². The van der Waals surface area contributed by atoms with Gasteiger partial charge in [0.15, 0.2) is 0 Å². The molecule has 2 fully saturated rings. The van der Waals surface area contributed by atoms with E-state index in [1.54, 1.807) is 34.1 Å². The third-order valence-corrected chi connectivity index (χ3v) is 4.74. The summed E-state index contributed by atoms with van der Waals surface area (Å²) in [5.41, 5.74) is 1.04. The molecule has 7 nitrogen and oxygen atoms in total. The summed E-state index contributed by atoms with van der Waals surface area (Å²) in [6.45, 7) is 3.66. The SMILES string of the molecule is CC(=O)N1CCN(C(=O)C2CC2C(=O)Nc2cccc(C#N)c2)CC1. The van der Waals surface area contributed by atoms with Crippen LogP contribution in [0.4, 0.5) is 5.69 Å². The quantitative estimate of drug-likeness (QED) is 0.882. The van der Waals surface area contributed by atoms with E-state index in [1.807, 2.05) is 6.07 Å². The van der Waals surface area contributed by atoms with Crippen LogP contribution in [0.3, 0.4) is 0 Å². The Balaban J connectivity index is 1.52. The third-order valence-electron chi connectivity index (χ3n) is 4.74. The molecular weight excluding hydrogens is 320 g/mol. The fourth-order valence-electron chi connectivity index (χ4n) is 3.14. The Kier molecular flexibility index (Phi) is 4.70. The van der Waals surface area contributed by atoms with E-state index < -0.39 is 0 Å². The van der Waals surface area contributed by atoms with E-state index in [4.69, 9.17) is 5.26 Å². The number of carbonyl (C=O) groups is 3. The molecule has 2 atom stereocenters. The van der Waals surface area contributed by atoms with Crippen LogP contribution < -0.4 is 5.32 Å². The van der Waals surface area contributed by atoms with Gasteiger partial charge in [0.25, 0.3) is 0 Å². The molecule has 0 spiro atoms. The van der Waals surface area contributed by atoms with Crippen molar-refractivity contribution < 1.29 is 14.4 Å². The zero-order valence-corrected chi connectivity index (χ0v) is 14.1. The normalized spacial score (nSPS) is 22.1. The molecule has 3 rings (SSSR count). The number of hydrogen-bond acceptors (Lipinski definition) is 4. The maximum Gasteiger partial charge on any atom is 0.228 e. The van der Waals surface area contributed by atoms with Gasteiger partial charge in [-0.15, -0.1) is 0 Å². The summed E-state index contributed by atoms with van der Waals surface area (Å²) >= 11 is 0. The lowest BCUT2D eigenvalue weighted by Gasteiger charge is -2.34. The summed E-state index contributed by atoms with van der Waals surface area (Å²) < 4.78 is 0. The van der Waals surface area contributed by atoms with E-state index in [-0.39, 0.29) is 29.6 Å². The fourth-order valence-corrected chi connectivity index (χ4v) is 3.14. The molecular formula is C18H20N4O3. The Morgan fingerprint density at radius 2 is 1.80 bits per heavy atom. The molecule has 1 aliphatic heterocycles. The zero-order valence-electron chi connectivity index (χ0n) is 14.1. The van der Waals surface area contributed by atoms with Crippen molar-refractivity contribution in [1.82, 2.24) is 9.80 Å². The summed E-state index contributed by atoms with van der Waals surface area (Å²) in [6, 6.07) is 8.73. The number of amides is 3. The van der Waals surface area contributed by atoms with Gasteiger partial charge in [-0.1, -0.05) is 6.07 Å². The van der Waals surface area contributed by atoms with Crippen molar-refractivity contribution >= 4 is 23.4 Å². The minimum Gasteiger partial charge on any atom is -0.339 e. The maximum atomic E-state index is 12.5. The van der Waals surface area contributed by atoms with E-state index in [0.29, 0.717) is 43.9 Å². The fraction of sp³-hybridized carbons (Fsp3) is 0.444. The van der Waals surface area contributed by atoms with E-state index in [9.17, 15) is 14.4 Å². The highest BCUT2D eigenvalue weighted by Gasteiger charge is 2.49. The third kappa shape index (κ3) is 3.79. The number of hydrogen-bond donors (Lipinski definition) is 1. The van der Waals surface area contributed by atoms with E-state index in [1.165, 1.54) is 6.92 Å². The molecule has 1 saturated heterocycles. The lowest BCUT2D eigenvalue weighted by Crippen LogP contribution is -2.50. The molecule has 3 amide bonds. The number of rotatable bonds is 3. The van der Waals surface area contributed by atoms with Crippen molar-refractivity contribution in [2.24, 2.45) is 11.8 Å². The molecule has 130 valence electrons. The van der Waals surface area contributed by atoms with Gasteiger partial charge in [-0.05, 0) is 24.6 Å². The van der Waals surface area contributed by atoms with Crippen LogP contribution in [-0.4, -0.2) is 53.7 Å². The highest BCUT2D eigenvalue weighted by molar-refractivity contribution is 5.99. The highest BCUT2D eigenvalue weighted by Crippen LogP contribution is 2.41. The zero-order chi connectivity index (χ0) is 18.0. The first-order chi connectivity index (χ1) is 12.0. The topological polar surface area (TPSA) is 93.5 Å². The first-order valence-electron chi connectivity index (χ1n) is 8.35. The molecule has 2 unspecified atom stereocenters. The number of nitriles is 1. The van der Waals surface area contributed by atoms with E-state index in [2.05, 4.69) is 5.32 Å². The molecule has 0 radical (unpaired) electrons. The van der Waals surface area contributed by atoms with Crippen LogP contribution in [0.25, 0.3) is 0 Å². The molecule has 2 aliphatic rings. The second kappa shape index (κ2) is 6.93. The smallest absolute Gasteiger partial charge is 0.228 e. The standard InChI is InChI=1S/C18H20N4O3/c1-12(23)21-5-7-22(8-6-21)18(25)16-10-15(16)17(24)20-14-4-2-3-13(9-14)11-19/h2-4,9,15-16H,5-8,10H2,1H3,(H,20,24). The van der Waals surface area contributed by atoms with Crippen LogP contribution in [-0.2, 0) is 14.4 Å². The van der Waals surface area contributed by atoms with Crippen LogP contribution in [0, 0.1) is 23.2 Å².